The predicted molar refractivity (Wildman–Crippen MR) is 129 cm³/mol. The topological polar surface area (TPSA) is 67.9 Å². The van der Waals surface area contributed by atoms with Gasteiger partial charge < -0.3 is 19.7 Å². The summed E-state index contributed by atoms with van der Waals surface area (Å²) in [5.74, 6) is -0.156. The van der Waals surface area contributed by atoms with Gasteiger partial charge in [-0.25, -0.2) is 4.39 Å². The lowest BCUT2D eigenvalue weighted by atomic mass is 9.83. The van der Waals surface area contributed by atoms with Crippen molar-refractivity contribution in [3.05, 3.63) is 83.1 Å². The summed E-state index contributed by atoms with van der Waals surface area (Å²) in [6.07, 6.45) is 0.573. The van der Waals surface area contributed by atoms with E-state index in [1.54, 1.807) is 55.5 Å². The molecule has 4 rings (SSSR count). The number of nitrogens with zero attached hydrogens (tertiary/aromatic N) is 1. The number of anilines is 2. The third-order valence-corrected chi connectivity index (χ3v) is 6.22. The Morgan fingerprint density at radius 1 is 1.00 bits per heavy atom. The molecule has 1 aliphatic rings. The lowest BCUT2D eigenvalue weighted by Gasteiger charge is -2.41. The van der Waals surface area contributed by atoms with E-state index < -0.39 is 17.8 Å². The minimum Gasteiger partial charge on any atom is -0.497 e. The van der Waals surface area contributed by atoms with Crippen LogP contribution in [0.15, 0.2) is 66.7 Å². The Balaban J connectivity index is 1.72. The van der Waals surface area contributed by atoms with Crippen molar-refractivity contribution in [2.75, 3.05) is 24.4 Å². The van der Waals surface area contributed by atoms with Crippen molar-refractivity contribution in [1.29, 1.82) is 0 Å². The maximum absolute atomic E-state index is 13.6. The molecular formula is C26H24ClFN2O4. The Morgan fingerprint density at radius 3 is 2.21 bits per heavy atom. The molecule has 6 nitrogen and oxygen atoms in total. The molecular weight excluding hydrogens is 459 g/mol. The number of carbonyl (C=O) groups is 2. The smallest absolute Gasteiger partial charge is 0.229 e. The summed E-state index contributed by atoms with van der Waals surface area (Å²) < 4.78 is 24.1. The van der Waals surface area contributed by atoms with E-state index in [1.807, 2.05) is 12.1 Å². The lowest BCUT2D eigenvalue weighted by molar-refractivity contribution is -0.125. The van der Waals surface area contributed by atoms with Crippen molar-refractivity contribution in [2.24, 2.45) is 5.92 Å². The molecule has 2 amide bonds. The zero-order valence-corrected chi connectivity index (χ0v) is 19.5. The predicted octanol–water partition coefficient (Wildman–Crippen LogP) is 5.62. The van der Waals surface area contributed by atoms with Crippen LogP contribution >= 0.6 is 11.6 Å². The molecule has 1 fully saturated rings. The van der Waals surface area contributed by atoms with E-state index in [4.69, 9.17) is 21.1 Å². The highest BCUT2D eigenvalue weighted by atomic mass is 35.5. The highest BCUT2D eigenvalue weighted by Crippen LogP contribution is 2.41. The van der Waals surface area contributed by atoms with Crippen LogP contribution < -0.4 is 19.7 Å². The summed E-state index contributed by atoms with van der Waals surface area (Å²) in [6.45, 7) is 0. The molecule has 8 heteroatoms. The number of hydrogen-bond donors (Lipinski definition) is 1. The monoisotopic (exact) mass is 482 g/mol. The van der Waals surface area contributed by atoms with Crippen LogP contribution in [-0.2, 0) is 9.59 Å². The molecule has 0 radical (unpaired) electrons. The lowest BCUT2D eigenvalue weighted by Crippen LogP contribution is -2.46. The molecule has 0 aliphatic carbocycles. The number of carbonyl (C=O) groups excluding carboxylic acids is 2. The van der Waals surface area contributed by atoms with Gasteiger partial charge in [0.2, 0.25) is 11.8 Å². The Labute approximate surface area is 202 Å². The minimum absolute atomic E-state index is 0.0804. The van der Waals surface area contributed by atoms with E-state index in [2.05, 4.69) is 5.32 Å². The standard InChI is InChI=1S/C26H24ClFN2O4/c1-33-19-8-3-16(4-9-19)25-21(26(32)29-17-5-13-23(28)22(27)15-17)12-14-24(31)30(25)18-6-10-20(34-2)11-7-18/h3-11,13,15,21,25H,12,14H2,1-2H3,(H,29,32)/t21-,25+/m1/s1. The average Bonchev–Trinajstić information content (AvgIpc) is 2.86. The number of piperidine rings is 1. The van der Waals surface area contributed by atoms with Crippen LogP contribution in [0.3, 0.4) is 0 Å². The van der Waals surface area contributed by atoms with Gasteiger partial charge in [-0.2, -0.15) is 0 Å². The first-order valence-corrected chi connectivity index (χ1v) is 11.1. The zero-order chi connectivity index (χ0) is 24.2. The summed E-state index contributed by atoms with van der Waals surface area (Å²) in [7, 11) is 3.15. The van der Waals surface area contributed by atoms with Gasteiger partial charge >= 0.3 is 0 Å². The van der Waals surface area contributed by atoms with E-state index in [0.29, 0.717) is 29.3 Å². The molecule has 1 N–H and O–H groups in total. The molecule has 0 bridgehead atoms. The van der Waals surface area contributed by atoms with Crippen molar-refractivity contribution in [3.63, 3.8) is 0 Å². The van der Waals surface area contributed by atoms with E-state index in [9.17, 15) is 14.0 Å². The number of hydrogen-bond acceptors (Lipinski definition) is 4. The summed E-state index contributed by atoms with van der Waals surface area (Å²) in [5.41, 5.74) is 1.84. The van der Waals surface area contributed by atoms with E-state index in [-0.39, 0.29) is 23.3 Å². The number of ether oxygens (including phenoxy) is 2. The molecule has 2 atom stereocenters. The van der Waals surface area contributed by atoms with Crippen LogP contribution in [0.4, 0.5) is 15.8 Å². The Bertz CT molecular complexity index is 1180. The van der Waals surface area contributed by atoms with Gasteiger partial charge in [0.05, 0.1) is 31.2 Å². The highest BCUT2D eigenvalue weighted by molar-refractivity contribution is 6.31. The van der Waals surface area contributed by atoms with Gasteiger partial charge in [-0.05, 0) is 66.6 Å². The Hall–Kier alpha value is -3.58. The molecule has 3 aromatic rings. The Kier molecular flexibility index (Phi) is 7.03. The first-order chi connectivity index (χ1) is 16.4. The molecule has 0 spiro atoms. The first-order valence-electron chi connectivity index (χ1n) is 10.8. The van der Waals surface area contributed by atoms with Crippen LogP contribution in [0, 0.1) is 11.7 Å². The zero-order valence-electron chi connectivity index (χ0n) is 18.8. The highest BCUT2D eigenvalue weighted by Gasteiger charge is 2.41. The van der Waals surface area contributed by atoms with Crippen molar-refractivity contribution in [2.45, 2.75) is 18.9 Å². The molecule has 34 heavy (non-hydrogen) atoms. The number of halogens is 2. The summed E-state index contributed by atoms with van der Waals surface area (Å²) in [6, 6.07) is 17.9. The molecule has 0 saturated carbocycles. The fourth-order valence-corrected chi connectivity index (χ4v) is 4.39. The second-order valence-electron chi connectivity index (χ2n) is 7.94. The van der Waals surface area contributed by atoms with Gasteiger partial charge in [0.1, 0.15) is 17.3 Å². The SMILES string of the molecule is COc1ccc([C@H]2[C@H](C(=O)Nc3ccc(F)c(Cl)c3)CCC(=O)N2c2ccc(OC)cc2)cc1. The van der Waals surface area contributed by atoms with Gasteiger partial charge in [0.25, 0.3) is 0 Å². The molecule has 1 saturated heterocycles. The maximum Gasteiger partial charge on any atom is 0.229 e. The third-order valence-electron chi connectivity index (χ3n) is 5.93. The summed E-state index contributed by atoms with van der Waals surface area (Å²) in [5, 5.41) is 2.75. The van der Waals surface area contributed by atoms with E-state index >= 15 is 0 Å². The maximum atomic E-state index is 13.6. The fraction of sp³-hybridized carbons (Fsp3) is 0.231. The molecule has 3 aromatic carbocycles. The van der Waals surface area contributed by atoms with Gasteiger partial charge in [0, 0.05) is 17.8 Å². The van der Waals surface area contributed by atoms with Crippen LogP contribution in [0.5, 0.6) is 11.5 Å². The van der Waals surface area contributed by atoms with Crippen LogP contribution in [0.25, 0.3) is 0 Å². The van der Waals surface area contributed by atoms with Gasteiger partial charge in [-0.1, -0.05) is 23.7 Å². The first kappa shape index (κ1) is 23.6. The summed E-state index contributed by atoms with van der Waals surface area (Å²) >= 11 is 5.88. The second kappa shape index (κ2) is 10.1. The molecule has 176 valence electrons. The third kappa shape index (κ3) is 4.84. The van der Waals surface area contributed by atoms with Crippen molar-refractivity contribution in [1.82, 2.24) is 0 Å². The molecule has 1 heterocycles. The van der Waals surface area contributed by atoms with Crippen molar-refractivity contribution in [3.8, 4) is 11.5 Å². The van der Waals surface area contributed by atoms with Gasteiger partial charge in [-0.15, -0.1) is 0 Å². The minimum atomic E-state index is -0.565. The molecule has 0 unspecified atom stereocenters. The second-order valence-corrected chi connectivity index (χ2v) is 8.35. The normalized spacial score (nSPS) is 17.9. The quantitative estimate of drug-likeness (QED) is 0.495. The van der Waals surface area contributed by atoms with E-state index in [1.165, 1.54) is 18.2 Å². The van der Waals surface area contributed by atoms with Gasteiger partial charge in [0.15, 0.2) is 0 Å². The number of methoxy groups -OCH3 is 2. The summed E-state index contributed by atoms with van der Waals surface area (Å²) in [4.78, 5) is 28.2. The molecule has 1 aliphatic heterocycles. The van der Waals surface area contributed by atoms with Crippen molar-refractivity contribution < 1.29 is 23.5 Å². The molecule has 0 aromatic heterocycles. The number of nitrogens with one attached hydrogen (secondary N) is 1. The number of rotatable bonds is 6. The van der Waals surface area contributed by atoms with Crippen molar-refractivity contribution >= 4 is 34.8 Å². The van der Waals surface area contributed by atoms with Crippen LogP contribution in [0.2, 0.25) is 5.02 Å². The fourth-order valence-electron chi connectivity index (χ4n) is 4.21. The average molecular weight is 483 g/mol. The van der Waals surface area contributed by atoms with Gasteiger partial charge in [-0.3, -0.25) is 9.59 Å². The van der Waals surface area contributed by atoms with E-state index in [0.717, 1.165) is 5.56 Å². The number of amides is 2. The number of benzene rings is 3. The van der Waals surface area contributed by atoms with Crippen LogP contribution in [0.1, 0.15) is 24.4 Å². The Morgan fingerprint density at radius 2 is 1.62 bits per heavy atom. The van der Waals surface area contributed by atoms with Crippen LogP contribution in [-0.4, -0.2) is 26.0 Å². The largest absolute Gasteiger partial charge is 0.497 e.